The summed E-state index contributed by atoms with van der Waals surface area (Å²) in [6.07, 6.45) is 0.669. The zero-order valence-electron chi connectivity index (χ0n) is 8.06. The van der Waals surface area contributed by atoms with Gasteiger partial charge < -0.3 is 5.73 Å². The molecule has 0 aliphatic rings. The van der Waals surface area contributed by atoms with Gasteiger partial charge in [-0.3, -0.25) is 0 Å². The highest BCUT2D eigenvalue weighted by atomic mass is 79.9. The summed E-state index contributed by atoms with van der Waals surface area (Å²) >= 11 is 3.34. The van der Waals surface area contributed by atoms with Crippen molar-refractivity contribution >= 4 is 15.9 Å². The molecule has 3 heteroatoms. The molecular weight excluding hydrogens is 245 g/mol. The maximum Gasteiger partial charge on any atom is 0.123 e. The maximum atomic E-state index is 12.9. The van der Waals surface area contributed by atoms with E-state index < -0.39 is 0 Å². The van der Waals surface area contributed by atoms with Crippen molar-refractivity contribution in [3.05, 3.63) is 46.2 Å². The molecule has 0 saturated heterocycles. The molecule has 2 N–H and O–H groups in total. The molecule has 0 unspecified atom stereocenters. The first kappa shape index (κ1) is 11.4. The zero-order chi connectivity index (χ0) is 10.7. The van der Waals surface area contributed by atoms with E-state index >= 15 is 0 Å². The Morgan fingerprint density at radius 3 is 2.86 bits per heavy atom. The van der Waals surface area contributed by atoms with Crippen molar-refractivity contribution in [3.8, 4) is 0 Å². The molecule has 1 aromatic carbocycles. The average Bonchev–Trinajstić information content (AvgIpc) is 2.08. The third-order valence-corrected chi connectivity index (χ3v) is 2.65. The Balaban J connectivity index is 2.93. The topological polar surface area (TPSA) is 26.0 Å². The molecule has 0 saturated carbocycles. The molecular formula is C11H13BrFN. The van der Waals surface area contributed by atoms with Crippen LogP contribution in [0.4, 0.5) is 4.39 Å². The number of benzene rings is 1. The van der Waals surface area contributed by atoms with Gasteiger partial charge in [0.05, 0.1) is 0 Å². The van der Waals surface area contributed by atoms with E-state index in [2.05, 4.69) is 22.5 Å². The van der Waals surface area contributed by atoms with E-state index in [1.165, 1.54) is 12.1 Å². The smallest absolute Gasteiger partial charge is 0.123 e. The first-order valence-corrected chi connectivity index (χ1v) is 5.15. The Labute approximate surface area is 91.9 Å². The predicted molar refractivity (Wildman–Crippen MR) is 60.5 cm³/mol. The Kier molecular flexibility index (Phi) is 3.84. The normalized spacial score (nSPS) is 12.6. The molecule has 0 amide bonds. The third kappa shape index (κ3) is 2.93. The fraction of sp³-hybridized carbons (Fsp3) is 0.273. The first-order valence-electron chi connectivity index (χ1n) is 4.35. The summed E-state index contributed by atoms with van der Waals surface area (Å²) in [5.74, 6) is -0.264. The van der Waals surface area contributed by atoms with Crippen LogP contribution in [0.3, 0.4) is 0 Å². The van der Waals surface area contributed by atoms with Gasteiger partial charge in [-0.2, -0.15) is 0 Å². The Morgan fingerprint density at radius 1 is 1.64 bits per heavy atom. The van der Waals surface area contributed by atoms with E-state index in [0.717, 1.165) is 15.6 Å². The van der Waals surface area contributed by atoms with Crippen LogP contribution in [-0.4, -0.2) is 0 Å². The van der Waals surface area contributed by atoms with Crippen molar-refractivity contribution in [2.45, 2.75) is 19.4 Å². The summed E-state index contributed by atoms with van der Waals surface area (Å²) in [5.41, 5.74) is 7.69. The van der Waals surface area contributed by atoms with Gasteiger partial charge in [-0.15, -0.1) is 6.58 Å². The van der Waals surface area contributed by atoms with Gasteiger partial charge in [-0.1, -0.05) is 21.5 Å². The van der Waals surface area contributed by atoms with Gasteiger partial charge in [-0.25, -0.2) is 4.39 Å². The highest BCUT2D eigenvalue weighted by Crippen LogP contribution is 2.26. The van der Waals surface area contributed by atoms with E-state index in [4.69, 9.17) is 5.73 Å². The van der Waals surface area contributed by atoms with Gasteiger partial charge >= 0.3 is 0 Å². The summed E-state index contributed by atoms with van der Waals surface area (Å²) in [4.78, 5) is 0. The van der Waals surface area contributed by atoms with E-state index in [0.29, 0.717) is 6.42 Å². The minimum atomic E-state index is -0.264. The Bertz CT molecular complexity index is 349. The van der Waals surface area contributed by atoms with Crippen LogP contribution in [0.5, 0.6) is 0 Å². The summed E-state index contributed by atoms with van der Waals surface area (Å²) < 4.78 is 13.8. The molecule has 1 rings (SSSR count). The Hall–Kier alpha value is -0.670. The molecule has 0 heterocycles. The molecule has 14 heavy (non-hydrogen) atoms. The second-order valence-corrected chi connectivity index (χ2v) is 4.29. The third-order valence-electron chi connectivity index (χ3n) is 1.93. The van der Waals surface area contributed by atoms with Crippen molar-refractivity contribution in [3.63, 3.8) is 0 Å². The van der Waals surface area contributed by atoms with E-state index in [1.807, 2.05) is 6.92 Å². The highest BCUT2D eigenvalue weighted by molar-refractivity contribution is 9.10. The molecule has 0 aliphatic carbocycles. The molecule has 0 fully saturated rings. The van der Waals surface area contributed by atoms with Crippen LogP contribution in [-0.2, 0) is 0 Å². The standard InChI is InChI=1S/C11H13BrFN/c1-7(2)5-11(14)9-6-8(13)3-4-10(9)12/h3-4,6,11H,1,5,14H2,2H3/t11-/m0/s1. The number of hydrogen-bond acceptors (Lipinski definition) is 1. The summed E-state index contributed by atoms with van der Waals surface area (Å²) in [7, 11) is 0. The number of nitrogens with two attached hydrogens (primary N) is 1. The van der Waals surface area contributed by atoms with Gasteiger partial charge in [-0.05, 0) is 37.1 Å². The van der Waals surface area contributed by atoms with E-state index in [9.17, 15) is 4.39 Å². The molecule has 0 aliphatic heterocycles. The van der Waals surface area contributed by atoms with Crippen molar-refractivity contribution in [2.75, 3.05) is 0 Å². The van der Waals surface area contributed by atoms with Crippen LogP contribution in [0.15, 0.2) is 34.8 Å². The van der Waals surface area contributed by atoms with Crippen LogP contribution >= 0.6 is 15.9 Å². The molecule has 0 spiro atoms. The molecule has 1 atom stereocenters. The van der Waals surface area contributed by atoms with Crippen molar-refractivity contribution in [1.82, 2.24) is 0 Å². The highest BCUT2D eigenvalue weighted by Gasteiger charge is 2.10. The van der Waals surface area contributed by atoms with Gasteiger partial charge in [0, 0.05) is 10.5 Å². The molecule has 0 aromatic heterocycles. The largest absolute Gasteiger partial charge is 0.324 e. The summed E-state index contributed by atoms with van der Waals surface area (Å²) in [6, 6.07) is 4.33. The van der Waals surface area contributed by atoms with Crippen molar-refractivity contribution < 1.29 is 4.39 Å². The number of halogens is 2. The van der Waals surface area contributed by atoms with Crippen molar-refractivity contribution in [2.24, 2.45) is 5.73 Å². The van der Waals surface area contributed by atoms with Gasteiger partial charge in [0.15, 0.2) is 0 Å². The molecule has 76 valence electrons. The molecule has 0 bridgehead atoms. The fourth-order valence-electron chi connectivity index (χ4n) is 1.28. The Morgan fingerprint density at radius 2 is 2.29 bits per heavy atom. The lowest BCUT2D eigenvalue weighted by Gasteiger charge is -2.13. The van der Waals surface area contributed by atoms with Crippen LogP contribution in [0.2, 0.25) is 0 Å². The van der Waals surface area contributed by atoms with Crippen molar-refractivity contribution in [1.29, 1.82) is 0 Å². The second-order valence-electron chi connectivity index (χ2n) is 3.43. The van der Waals surface area contributed by atoms with E-state index in [-0.39, 0.29) is 11.9 Å². The maximum absolute atomic E-state index is 12.9. The SMILES string of the molecule is C=C(C)C[C@H](N)c1cc(F)ccc1Br. The lowest BCUT2D eigenvalue weighted by Crippen LogP contribution is -2.11. The zero-order valence-corrected chi connectivity index (χ0v) is 9.64. The average molecular weight is 258 g/mol. The molecule has 1 aromatic rings. The van der Waals surface area contributed by atoms with Gasteiger partial charge in [0.2, 0.25) is 0 Å². The summed E-state index contributed by atoms with van der Waals surface area (Å²) in [5, 5.41) is 0. The lowest BCUT2D eigenvalue weighted by molar-refractivity contribution is 0.617. The van der Waals surface area contributed by atoms with Crippen LogP contribution in [0.25, 0.3) is 0 Å². The first-order chi connectivity index (χ1) is 6.50. The molecule has 0 radical (unpaired) electrons. The quantitative estimate of drug-likeness (QED) is 0.824. The fourth-order valence-corrected chi connectivity index (χ4v) is 1.82. The minimum absolute atomic E-state index is 0.197. The van der Waals surface area contributed by atoms with Crippen LogP contribution < -0.4 is 5.73 Å². The summed E-state index contributed by atoms with van der Waals surface area (Å²) in [6.45, 7) is 5.69. The van der Waals surface area contributed by atoms with Gasteiger partial charge in [0.1, 0.15) is 5.82 Å². The lowest BCUT2D eigenvalue weighted by atomic mass is 10.0. The monoisotopic (exact) mass is 257 g/mol. The van der Waals surface area contributed by atoms with E-state index in [1.54, 1.807) is 6.07 Å². The van der Waals surface area contributed by atoms with Gasteiger partial charge in [0.25, 0.3) is 0 Å². The number of hydrogen-bond donors (Lipinski definition) is 1. The van der Waals surface area contributed by atoms with Crippen LogP contribution in [0, 0.1) is 5.82 Å². The molecule has 1 nitrogen and oxygen atoms in total. The van der Waals surface area contributed by atoms with Crippen LogP contribution in [0.1, 0.15) is 24.9 Å². The minimum Gasteiger partial charge on any atom is -0.324 e. The number of rotatable bonds is 3. The predicted octanol–water partition coefficient (Wildman–Crippen LogP) is 3.55. The second kappa shape index (κ2) is 4.71.